The van der Waals surface area contributed by atoms with Gasteiger partial charge in [0.25, 0.3) is 0 Å². The van der Waals surface area contributed by atoms with Crippen LogP contribution < -0.4 is 10.1 Å². The van der Waals surface area contributed by atoms with E-state index in [9.17, 15) is 18.0 Å². The van der Waals surface area contributed by atoms with Gasteiger partial charge in [0.2, 0.25) is 5.91 Å². The van der Waals surface area contributed by atoms with Crippen molar-refractivity contribution in [2.24, 2.45) is 4.99 Å². The van der Waals surface area contributed by atoms with E-state index >= 15 is 0 Å². The Balaban J connectivity index is 1.63. The van der Waals surface area contributed by atoms with Crippen LogP contribution in [0.2, 0.25) is 0 Å². The van der Waals surface area contributed by atoms with Gasteiger partial charge in [-0.25, -0.2) is 4.99 Å². The first kappa shape index (κ1) is 18.3. The van der Waals surface area contributed by atoms with E-state index in [1.54, 1.807) is 0 Å². The molecule has 0 radical (unpaired) electrons. The number of nitrogens with one attached hydrogen (secondary N) is 1. The predicted molar refractivity (Wildman–Crippen MR) is 94.7 cm³/mol. The minimum atomic E-state index is -4.44. The van der Waals surface area contributed by atoms with E-state index in [0.29, 0.717) is 10.9 Å². The fraction of sp³-hybridized carbons (Fsp3) is 0.222. The van der Waals surface area contributed by atoms with Crippen LogP contribution in [0, 0.1) is 6.92 Å². The lowest BCUT2D eigenvalue weighted by Crippen LogP contribution is -2.28. The number of carbonyl (C=O) groups excluding carboxylic acids is 1. The second-order valence-corrected chi connectivity index (χ2v) is 6.88. The summed E-state index contributed by atoms with van der Waals surface area (Å²) in [6.45, 7) is 1.91. The molecule has 0 aliphatic carbocycles. The van der Waals surface area contributed by atoms with E-state index in [1.165, 1.54) is 23.9 Å². The number of benzene rings is 2. The number of hydrogen-bond donors (Lipinski definition) is 1. The molecule has 0 bridgehead atoms. The van der Waals surface area contributed by atoms with Crippen molar-refractivity contribution in [1.82, 2.24) is 5.32 Å². The highest BCUT2D eigenvalue weighted by atomic mass is 32.2. The van der Waals surface area contributed by atoms with E-state index < -0.39 is 17.0 Å². The minimum Gasteiger partial charge on any atom is -0.492 e. The number of carbonyl (C=O) groups is 1. The lowest BCUT2D eigenvalue weighted by Gasteiger charge is -2.11. The summed E-state index contributed by atoms with van der Waals surface area (Å²) in [7, 11) is 0. The van der Waals surface area contributed by atoms with Crippen molar-refractivity contribution >= 4 is 28.5 Å². The highest BCUT2D eigenvalue weighted by Gasteiger charge is 2.32. The molecule has 3 rings (SSSR count). The van der Waals surface area contributed by atoms with Gasteiger partial charge in [0.15, 0.2) is 5.17 Å². The molecule has 1 N–H and O–H groups in total. The third kappa shape index (κ3) is 4.57. The van der Waals surface area contributed by atoms with Crippen LogP contribution in [0.3, 0.4) is 0 Å². The maximum absolute atomic E-state index is 12.7. The van der Waals surface area contributed by atoms with Crippen LogP contribution in [-0.4, -0.2) is 22.9 Å². The number of nitrogens with zero attached hydrogens (tertiary/aromatic N) is 1. The fourth-order valence-corrected chi connectivity index (χ4v) is 3.13. The molecule has 0 aromatic heterocycles. The van der Waals surface area contributed by atoms with Gasteiger partial charge >= 0.3 is 6.18 Å². The Kier molecular flexibility index (Phi) is 5.22. The summed E-state index contributed by atoms with van der Waals surface area (Å²) in [5, 5.41) is 2.52. The van der Waals surface area contributed by atoms with Crippen molar-refractivity contribution < 1.29 is 22.7 Å². The zero-order valence-electron chi connectivity index (χ0n) is 13.7. The minimum absolute atomic E-state index is 0.0509. The molecule has 1 atom stereocenters. The second-order valence-electron chi connectivity index (χ2n) is 5.68. The van der Waals surface area contributed by atoms with Crippen LogP contribution in [0.1, 0.15) is 11.1 Å². The molecule has 2 aromatic carbocycles. The number of alkyl halides is 3. The fourth-order valence-electron chi connectivity index (χ4n) is 2.24. The number of rotatable bonds is 4. The number of thioether (sulfide) groups is 1. The van der Waals surface area contributed by atoms with E-state index in [1.807, 2.05) is 31.2 Å². The molecule has 0 saturated carbocycles. The Bertz CT molecular complexity index is 835. The SMILES string of the molecule is Cc1ccc(/N=C2/NC(=O)C(COc3cccc(C(F)(F)F)c3)S2)cc1. The maximum Gasteiger partial charge on any atom is 0.416 e. The molecule has 4 nitrogen and oxygen atoms in total. The van der Waals surface area contributed by atoms with Crippen molar-refractivity contribution in [2.75, 3.05) is 6.61 Å². The van der Waals surface area contributed by atoms with Crippen LogP contribution >= 0.6 is 11.8 Å². The van der Waals surface area contributed by atoms with Gasteiger partial charge in [0.1, 0.15) is 17.6 Å². The molecule has 0 spiro atoms. The van der Waals surface area contributed by atoms with Crippen LogP contribution in [0.4, 0.5) is 18.9 Å². The quantitative estimate of drug-likeness (QED) is 0.860. The van der Waals surface area contributed by atoms with Crippen molar-refractivity contribution in [2.45, 2.75) is 18.3 Å². The molecule has 26 heavy (non-hydrogen) atoms. The molecule has 136 valence electrons. The number of aliphatic imine (C=N–C) groups is 1. The van der Waals surface area contributed by atoms with Gasteiger partial charge in [-0.1, -0.05) is 35.5 Å². The molecule has 1 unspecified atom stereocenters. The van der Waals surface area contributed by atoms with Crippen LogP contribution in [0.5, 0.6) is 5.75 Å². The summed E-state index contributed by atoms with van der Waals surface area (Å²) in [6.07, 6.45) is -4.44. The third-order valence-electron chi connectivity index (χ3n) is 3.60. The van der Waals surface area contributed by atoms with Gasteiger partial charge < -0.3 is 10.1 Å². The topological polar surface area (TPSA) is 50.7 Å². The monoisotopic (exact) mass is 380 g/mol. The first-order valence-electron chi connectivity index (χ1n) is 7.74. The van der Waals surface area contributed by atoms with Crippen molar-refractivity contribution in [3.63, 3.8) is 0 Å². The molecule has 1 aliphatic heterocycles. The molecule has 1 fully saturated rings. The van der Waals surface area contributed by atoms with Gasteiger partial charge in [0.05, 0.1) is 11.3 Å². The van der Waals surface area contributed by atoms with Gasteiger partial charge in [-0.2, -0.15) is 13.2 Å². The van der Waals surface area contributed by atoms with Gasteiger partial charge in [-0.05, 0) is 37.3 Å². The van der Waals surface area contributed by atoms with Crippen LogP contribution in [-0.2, 0) is 11.0 Å². The molecule has 8 heteroatoms. The number of aryl methyl sites for hydroxylation is 1. The summed E-state index contributed by atoms with van der Waals surface area (Å²) in [4.78, 5) is 16.3. The Hall–Kier alpha value is -2.48. The van der Waals surface area contributed by atoms with E-state index in [2.05, 4.69) is 10.3 Å². The molecule has 2 aromatic rings. The summed E-state index contributed by atoms with van der Waals surface area (Å²) < 4.78 is 43.5. The Labute approximate surface area is 152 Å². The smallest absolute Gasteiger partial charge is 0.416 e. The van der Waals surface area contributed by atoms with E-state index in [-0.39, 0.29) is 18.3 Å². The molecule has 1 aliphatic rings. The van der Waals surface area contributed by atoms with E-state index in [4.69, 9.17) is 4.74 Å². The number of amides is 1. The highest BCUT2D eigenvalue weighted by Crippen LogP contribution is 2.31. The molecule has 1 saturated heterocycles. The lowest BCUT2D eigenvalue weighted by molar-refractivity contribution is -0.137. The Morgan fingerprint density at radius 3 is 2.62 bits per heavy atom. The summed E-state index contributed by atoms with van der Waals surface area (Å²) >= 11 is 1.19. The molecular formula is C18H15F3N2O2S. The number of amidine groups is 1. The van der Waals surface area contributed by atoms with Crippen molar-refractivity contribution in [1.29, 1.82) is 0 Å². The maximum atomic E-state index is 12.7. The Morgan fingerprint density at radius 2 is 1.92 bits per heavy atom. The summed E-state index contributed by atoms with van der Waals surface area (Å²) in [6, 6.07) is 12.1. The first-order valence-corrected chi connectivity index (χ1v) is 8.62. The average molecular weight is 380 g/mol. The predicted octanol–water partition coefficient (Wildman–Crippen LogP) is 4.31. The van der Waals surface area contributed by atoms with Gasteiger partial charge in [-0.3, -0.25) is 4.79 Å². The lowest BCUT2D eigenvalue weighted by atomic mass is 10.2. The zero-order valence-corrected chi connectivity index (χ0v) is 14.5. The van der Waals surface area contributed by atoms with Gasteiger partial charge in [0, 0.05) is 0 Å². The Morgan fingerprint density at radius 1 is 1.19 bits per heavy atom. The van der Waals surface area contributed by atoms with Crippen LogP contribution in [0.15, 0.2) is 53.5 Å². The normalized spacial score (nSPS) is 18.8. The number of halogens is 3. The van der Waals surface area contributed by atoms with Crippen molar-refractivity contribution in [3.8, 4) is 5.75 Å². The summed E-state index contributed by atoms with van der Waals surface area (Å²) in [5.74, 6) is -0.218. The average Bonchev–Trinajstić information content (AvgIpc) is 2.94. The van der Waals surface area contributed by atoms with Gasteiger partial charge in [-0.15, -0.1) is 0 Å². The third-order valence-corrected chi connectivity index (χ3v) is 4.66. The first-order chi connectivity index (χ1) is 12.3. The summed E-state index contributed by atoms with van der Waals surface area (Å²) in [5.41, 5.74) is 1.02. The number of ether oxygens (including phenoxy) is 1. The number of hydrogen-bond acceptors (Lipinski definition) is 4. The molecular weight excluding hydrogens is 365 g/mol. The second kappa shape index (κ2) is 7.41. The zero-order chi connectivity index (χ0) is 18.7. The van der Waals surface area contributed by atoms with Crippen molar-refractivity contribution in [3.05, 3.63) is 59.7 Å². The molecule has 1 amide bonds. The molecule has 1 heterocycles. The highest BCUT2D eigenvalue weighted by molar-refractivity contribution is 8.15. The standard InChI is InChI=1S/C18H15F3N2O2S/c1-11-5-7-13(8-6-11)22-17-23-16(24)15(26-17)10-25-14-4-2-3-12(9-14)18(19,20)21/h2-9,15H,10H2,1H3,(H,22,23,24). The largest absolute Gasteiger partial charge is 0.492 e. The van der Waals surface area contributed by atoms with Crippen LogP contribution in [0.25, 0.3) is 0 Å². The van der Waals surface area contributed by atoms with E-state index in [0.717, 1.165) is 17.7 Å².